The van der Waals surface area contributed by atoms with Crippen molar-refractivity contribution in [2.45, 2.75) is 19.3 Å². The zero-order chi connectivity index (χ0) is 11.7. The Morgan fingerprint density at radius 3 is 2.53 bits per heavy atom. The Kier molecular flexibility index (Phi) is 7.99. The number of carbonyl (C=O) groups is 1. The lowest BCUT2D eigenvalue weighted by atomic mass is 10.2. The number of hydrogen-bond donors (Lipinski definition) is 2. The molecule has 0 heterocycles. The molecule has 0 radical (unpaired) electrons. The molecule has 0 bridgehead atoms. The summed E-state index contributed by atoms with van der Waals surface area (Å²) in [6, 6.07) is 0. The number of unbranched alkanes of at least 4 members (excludes halogenated alkanes) is 1. The molecule has 0 saturated heterocycles. The molecule has 0 rings (SSSR count). The fourth-order valence-corrected chi connectivity index (χ4v) is 1.87. The fourth-order valence-electron chi connectivity index (χ4n) is 0.895. The van der Waals surface area contributed by atoms with Gasteiger partial charge in [-0.3, -0.25) is 4.79 Å². The normalized spacial score (nSPS) is 11.3. The number of halogens is 1. The van der Waals surface area contributed by atoms with Crippen molar-refractivity contribution in [1.29, 1.82) is 0 Å². The molecule has 0 fully saturated rings. The molecule has 0 unspecified atom stereocenters. The van der Waals surface area contributed by atoms with Crippen LogP contribution in [-0.2, 0) is 14.8 Å². The molecule has 0 saturated carbocycles. The molecular weight excluding hydrogens is 284 g/mol. The summed E-state index contributed by atoms with van der Waals surface area (Å²) in [5.41, 5.74) is 0. The lowest BCUT2D eigenvalue weighted by Crippen LogP contribution is -2.32. The van der Waals surface area contributed by atoms with Gasteiger partial charge in [-0.05, 0) is 19.9 Å². The minimum atomic E-state index is -3.21. The SMILES string of the molecule is CNS(=O)(=O)CCNC(=O)CCCCBr. The number of sulfonamides is 1. The number of rotatable bonds is 8. The highest BCUT2D eigenvalue weighted by Crippen LogP contribution is 1.97. The molecule has 0 aromatic carbocycles. The Hall–Kier alpha value is -0.140. The van der Waals surface area contributed by atoms with Gasteiger partial charge in [-0.2, -0.15) is 0 Å². The van der Waals surface area contributed by atoms with Crippen LogP contribution in [0.3, 0.4) is 0 Å². The predicted octanol–water partition coefficient (Wildman–Crippen LogP) is 0.217. The van der Waals surface area contributed by atoms with E-state index in [0.717, 1.165) is 18.2 Å². The number of amides is 1. The first-order valence-electron chi connectivity index (χ1n) is 4.75. The van der Waals surface area contributed by atoms with Crippen molar-refractivity contribution in [2.24, 2.45) is 0 Å². The maximum absolute atomic E-state index is 11.2. The molecule has 90 valence electrons. The first-order chi connectivity index (χ1) is 7.02. The van der Waals surface area contributed by atoms with Gasteiger partial charge in [0.1, 0.15) is 0 Å². The summed E-state index contributed by atoms with van der Waals surface area (Å²) in [6.45, 7) is 0.163. The van der Waals surface area contributed by atoms with Crippen LogP contribution in [0.2, 0.25) is 0 Å². The van der Waals surface area contributed by atoms with E-state index in [2.05, 4.69) is 26.0 Å². The molecule has 0 spiro atoms. The topological polar surface area (TPSA) is 75.3 Å². The summed E-state index contributed by atoms with van der Waals surface area (Å²) in [6.07, 6.45) is 2.21. The van der Waals surface area contributed by atoms with Crippen molar-refractivity contribution in [3.63, 3.8) is 0 Å². The molecular formula is C8H17BrN2O3S. The molecule has 0 aliphatic carbocycles. The highest BCUT2D eigenvalue weighted by molar-refractivity contribution is 9.09. The summed E-state index contributed by atoms with van der Waals surface area (Å²) in [7, 11) is -1.86. The van der Waals surface area contributed by atoms with Crippen LogP contribution in [0, 0.1) is 0 Å². The maximum atomic E-state index is 11.2. The van der Waals surface area contributed by atoms with Gasteiger partial charge < -0.3 is 5.32 Å². The van der Waals surface area contributed by atoms with Gasteiger partial charge in [0.15, 0.2) is 0 Å². The Bertz CT molecular complexity index is 280. The van der Waals surface area contributed by atoms with E-state index in [0.29, 0.717) is 6.42 Å². The van der Waals surface area contributed by atoms with Crippen LogP contribution in [0.1, 0.15) is 19.3 Å². The van der Waals surface area contributed by atoms with E-state index in [1.54, 1.807) is 0 Å². The molecule has 0 aliphatic heterocycles. The van der Waals surface area contributed by atoms with Gasteiger partial charge in [0.05, 0.1) is 5.75 Å². The van der Waals surface area contributed by atoms with Gasteiger partial charge in [-0.25, -0.2) is 13.1 Å². The van der Waals surface area contributed by atoms with Gasteiger partial charge in [0, 0.05) is 18.3 Å². The highest BCUT2D eigenvalue weighted by Gasteiger charge is 2.07. The van der Waals surface area contributed by atoms with Crippen molar-refractivity contribution < 1.29 is 13.2 Å². The Balaban J connectivity index is 3.55. The minimum Gasteiger partial charge on any atom is -0.355 e. The van der Waals surface area contributed by atoms with Gasteiger partial charge >= 0.3 is 0 Å². The van der Waals surface area contributed by atoms with E-state index < -0.39 is 10.0 Å². The second-order valence-electron chi connectivity index (χ2n) is 3.02. The van der Waals surface area contributed by atoms with Gasteiger partial charge in [0.25, 0.3) is 0 Å². The molecule has 1 amide bonds. The maximum Gasteiger partial charge on any atom is 0.220 e. The molecule has 0 aliphatic rings. The van der Waals surface area contributed by atoms with Crippen LogP contribution in [0.5, 0.6) is 0 Å². The second kappa shape index (κ2) is 8.06. The lowest BCUT2D eigenvalue weighted by Gasteiger charge is -2.04. The van der Waals surface area contributed by atoms with E-state index in [-0.39, 0.29) is 18.2 Å². The summed E-state index contributed by atoms with van der Waals surface area (Å²) >= 11 is 3.27. The quantitative estimate of drug-likeness (QED) is 0.497. The average molecular weight is 301 g/mol. The van der Waals surface area contributed by atoms with E-state index >= 15 is 0 Å². The van der Waals surface area contributed by atoms with Gasteiger partial charge in [-0.15, -0.1) is 0 Å². The summed E-state index contributed by atoms with van der Waals surface area (Å²) in [5, 5.41) is 3.44. The Labute approximate surface area is 99.2 Å². The van der Waals surface area contributed by atoms with Crippen molar-refractivity contribution in [2.75, 3.05) is 24.7 Å². The lowest BCUT2D eigenvalue weighted by molar-refractivity contribution is -0.121. The van der Waals surface area contributed by atoms with E-state index in [4.69, 9.17) is 0 Å². The van der Waals surface area contributed by atoms with Crippen molar-refractivity contribution in [3.05, 3.63) is 0 Å². The van der Waals surface area contributed by atoms with Crippen molar-refractivity contribution in [1.82, 2.24) is 10.0 Å². The first kappa shape index (κ1) is 14.9. The fraction of sp³-hybridized carbons (Fsp3) is 0.875. The molecule has 7 heteroatoms. The second-order valence-corrected chi connectivity index (χ2v) is 5.86. The van der Waals surface area contributed by atoms with Crippen LogP contribution >= 0.6 is 15.9 Å². The van der Waals surface area contributed by atoms with Crippen LogP contribution < -0.4 is 10.0 Å². The van der Waals surface area contributed by atoms with Crippen LogP contribution in [-0.4, -0.2) is 39.0 Å². The molecule has 0 aromatic rings. The highest BCUT2D eigenvalue weighted by atomic mass is 79.9. The number of hydrogen-bond acceptors (Lipinski definition) is 3. The zero-order valence-electron chi connectivity index (χ0n) is 8.75. The Morgan fingerprint density at radius 2 is 2.00 bits per heavy atom. The van der Waals surface area contributed by atoms with Crippen molar-refractivity contribution in [3.8, 4) is 0 Å². The smallest absolute Gasteiger partial charge is 0.220 e. The van der Waals surface area contributed by atoms with E-state index in [1.807, 2.05) is 0 Å². The van der Waals surface area contributed by atoms with Crippen LogP contribution in [0.4, 0.5) is 0 Å². The molecule has 2 N–H and O–H groups in total. The molecule has 0 aromatic heterocycles. The number of carbonyl (C=O) groups excluding carboxylic acids is 1. The van der Waals surface area contributed by atoms with Crippen molar-refractivity contribution >= 4 is 31.9 Å². The monoisotopic (exact) mass is 300 g/mol. The standard InChI is InChI=1S/C8H17BrN2O3S/c1-10-15(13,14)7-6-11-8(12)4-2-3-5-9/h10H,2-7H2,1H3,(H,11,12). The van der Waals surface area contributed by atoms with E-state index in [9.17, 15) is 13.2 Å². The third-order valence-electron chi connectivity index (χ3n) is 1.79. The number of alkyl halides is 1. The summed E-state index contributed by atoms with van der Waals surface area (Å²) in [5.74, 6) is -0.171. The molecule has 15 heavy (non-hydrogen) atoms. The van der Waals surface area contributed by atoms with E-state index in [1.165, 1.54) is 7.05 Å². The zero-order valence-corrected chi connectivity index (χ0v) is 11.2. The Morgan fingerprint density at radius 1 is 1.33 bits per heavy atom. The third-order valence-corrected chi connectivity index (χ3v) is 3.72. The van der Waals surface area contributed by atoms with Crippen LogP contribution in [0.15, 0.2) is 0 Å². The average Bonchev–Trinajstić information content (AvgIpc) is 2.18. The predicted molar refractivity (Wildman–Crippen MR) is 63.5 cm³/mol. The minimum absolute atomic E-state index is 0.0757. The van der Waals surface area contributed by atoms with Crippen LogP contribution in [0.25, 0.3) is 0 Å². The molecule has 5 nitrogen and oxygen atoms in total. The number of nitrogens with one attached hydrogen (secondary N) is 2. The third kappa shape index (κ3) is 8.83. The summed E-state index contributed by atoms with van der Waals surface area (Å²) < 4.78 is 24.1. The van der Waals surface area contributed by atoms with Gasteiger partial charge in [0.2, 0.25) is 15.9 Å². The first-order valence-corrected chi connectivity index (χ1v) is 7.53. The van der Waals surface area contributed by atoms with Gasteiger partial charge in [-0.1, -0.05) is 15.9 Å². The summed E-state index contributed by atoms with van der Waals surface area (Å²) in [4.78, 5) is 11.2. The molecule has 0 atom stereocenters. The largest absolute Gasteiger partial charge is 0.355 e.